The van der Waals surface area contributed by atoms with Crippen molar-refractivity contribution in [1.82, 2.24) is 0 Å². The number of aromatic hydroxyl groups is 1. The molecule has 0 saturated heterocycles. The largest absolute Gasteiger partial charge is 0.507 e. The van der Waals surface area contributed by atoms with Crippen LogP contribution in [0.15, 0.2) is 65.6 Å². The van der Waals surface area contributed by atoms with Gasteiger partial charge in [0.05, 0.1) is 4.90 Å². The van der Waals surface area contributed by atoms with Crippen molar-refractivity contribution in [2.24, 2.45) is 5.14 Å². The van der Waals surface area contributed by atoms with Gasteiger partial charge in [-0.05, 0) is 47.0 Å². The fraction of sp³-hybridized carbons (Fsp3) is 0. The molecule has 3 aromatic carbocycles. The second-order valence-corrected chi connectivity index (χ2v) is 6.99. The van der Waals surface area contributed by atoms with E-state index in [4.69, 9.17) is 5.14 Å². The summed E-state index contributed by atoms with van der Waals surface area (Å²) in [6.45, 7) is 0. The Kier molecular flexibility index (Phi) is 4.28. The van der Waals surface area contributed by atoms with E-state index < -0.39 is 21.7 Å². The third-order valence-electron chi connectivity index (χ3n) is 3.69. The van der Waals surface area contributed by atoms with Crippen LogP contribution in [0.2, 0.25) is 0 Å². The average molecular weight is 361 g/mol. The quantitative estimate of drug-likeness (QED) is 0.747. The van der Waals surface area contributed by atoms with Gasteiger partial charge in [-0.1, -0.05) is 24.3 Å². The number of hydrogen-bond donors (Lipinski definition) is 2. The van der Waals surface area contributed by atoms with E-state index in [1.165, 1.54) is 30.3 Å². The van der Waals surface area contributed by atoms with Gasteiger partial charge >= 0.3 is 0 Å². The minimum absolute atomic E-state index is 0.0604. The molecule has 0 heterocycles. The standard InChI is InChI=1S/C18H13F2NO3S/c19-13-8-12(9-14(20)10-13)18-16(2-1-3-17(18)22)11-4-6-15(7-5-11)25(21,23)24/h1-10,22H,(H2,21,23,24). The van der Waals surface area contributed by atoms with Gasteiger partial charge in [-0.15, -0.1) is 0 Å². The molecular weight excluding hydrogens is 348 g/mol. The van der Waals surface area contributed by atoms with E-state index in [0.29, 0.717) is 11.1 Å². The van der Waals surface area contributed by atoms with Crippen LogP contribution in [0.3, 0.4) is 0 Å². The van der Waals surface area contributed by atoms with Crippen LogP contribution in [-0.4, -0.2) is 13.5 Å². The SMILES string of the molecule is NS(=O)(=O)c1ccc(-c2cccc(O)c2-c2cc(F)cc(F)c2)cc1. The molecule has 0 saturated carbocycles. The lowest BCUT2D eigenvalue weighted by Gasteiger charge is -2.13. The highest BCUT2D eigenvalue weighted by atomic mass is 32.2. The molecule has 0 aliphatic carbocycles. The van der Waals surface area contributed by atoms with Crippen LogP contribution in [0, 0.1) is 11.6 Å². The first-order valence-corrected chi connectivity index (χ1v) is 8.72. The van der Waals surface area contributed by atoms with Gasteiger partial charge in [-0.3, -0.25) is 0 Å². The normalized spacial score (nSPS) is 11.5. The van der Waals surface area contributed by atoms with E-state index in [1.54, 1.807) is 12.1 Å². The summed E-state index contributed by atoms with van der Waals surface area (Å²) < 4.78 is 49.8. The fourth-order valence-electron chi connectivity index (χ4n) is 2.61. The number of benzene rings is 3. The summed E-state index contributed by atoms with van der Waals surface area (Å²) in [4.78, 5) is -0.0604. The zero-order chi connectivity index (χ0) is 18.2. The van der Waals surface area contributed by atoms with Crippen molar-refractivity contribution in [3.05, 3.63) is 72.3 Å². The Morgan fingerprint density at radius 3 is 2.00 bits per heavy atom. The predicted molar refractivity (Wildman–Crippen MR) is 90.3 cm³/mol. The molecule has 3 N–H and O–H groups in total. The first-order chi connectivity index (χ1) is 11.8. The van der Waals surface area contributed by atoms with Crippen molar-refractivity contribution in [3.8, 4) is 28.0 Å². The van der Waals surface area contributed by atoms with Crippen molar-refractivity contribution in [2.45, 2.75) is 4.90 Å². The maximum atomic E-state index is 13.6. The molecule has 128 valence electrons. The van der Waals surface area contributed by atoms with Crippen molar-refractivity contribution in [3.63, 3.8) is 0 Å². The van der Waals surface area contributed by atoms with Crippen LogP contribution in [-0.2, 0) is 10.0 Å². The Morgan fingerprint density at radius 1 is 0.840 bits per heavy atom. The molecule has 25 heavy (non-hydrogen) atoms. The number of rotatable bonds is 3. The minimum atomic E-state index is -3.83. The molecule has 0 fully saturated rings. The van der Waals surface area contributed by atoms with Gasteiger partial charge in [0.2, 0.25) is 10.0 Å². The lowest BCUT2D eigenvalue weighted by Crippen LogP contribution is -2.11. The Balaban J connectivity index is 2.20. The first kappa shape index (κ1) is 17.1. The van der Waals surface area contributed by atoms with E-state index in [1.807, 2.05) is 0 Å². The van der Waals surface area contributed by atoms with Crippen molar-refractivity contribution < 1.29 is 22.3 Å². The molecule has 0 atom stereocenters. The van der Waals surface area contributed by atoms with Gasteiger partial charge in [0.25, 0.3) is 0 Å². The lowest BCUT2D eigenvalue weighted by molar-refractivity contribution is 0.477. The molecule has 0 aromatic heterocycles. The van der Waals surface area contributed by atoms with Gasteiger partial charge in [0.1, 0.15) is 17.4 Å². The Hall–Kier alpha value is -2.77. The van der Waals surface area contributed by atoms with Crippen LogP contribution < -0.4 is 5.14 Å². The van der Waals surface area contributed by atoms with E-state index in [-0.39, 0.29) is 21.8 Å². The number of halogens is 2. The molecule has 0 bridgehead atoms. The second kappa shape index (κ2) is 6.27. The maximum Gasteiger partial charge on any atom is 0.238 e. The Morgan fingerprint density at radius 2 is 1.44 bits per heavy atom. The lowest BCUT2D eigenvalue weighted by atomic mass is 9.93. The molecule has 0 radical (unpaired) electrons. The number of phenolic OH excluding ortho intramolecular Hbond substituents is 1. The maximum absolute atomic E-state index is 13.6. The highest BCUT2D eigenvalue weighted by Gasteiger charge is 2.15. The zero-order valence-corrected chi connectivity index (χ0v) is 13.6. The van der Waals surface area contributed by atoms with Crippen molar-refractivity contribution in [1.29, 1.82) is 0 Å². The predicted octanol–water partition coefficient (Wildman–Crippen LogP) is 3.65. The summed E-state index contributed by atoms with van der Waals surface area (Å²) in [5, 5.41) is 15.3. The van der Waals surface area contributed by atoms with Gasteiger partial charge in [-0.2, -0.15) is 0 Å². The third kappa shape index (κ3) is 3.52. The van der Waals surface area contributed by atoms with Crippen LogP contribution >= 0.6 is 0 Å². The van der Waals surface area contributed by atoms with Gasteiger partial charge in [0.15, 0.2) is 0 Å². The number of sulfonamides is 1. The van der Waals surface area contributed by atoms with Gasteiger partial charge in [-0.25, -0.2) is 22.3 Å². The second-order valence-electron chi connectivity index (χ2n) is 5.43. The zero-order valence-electron chi connectivity index (χ0n) is 12.8. The van der Waals surface area contributed by atoms with Crippen LogP contribution in [0.4, 0.5) is 8.78 Å². The molecule has 3 rings (SSSR count). The number of nitrogens with two attached hydrogens (primary N) is 1. The van der Waals surface area contributed by atoms with Gasteiger partial charge in [0, 0.05) is 11.6 Å². The summed E-state index contributed by atoms with van der Waals surface area (Å²) in [6.07, 6.45) is 0. The van der Waals surface area contributed by atoms with E-state index in [2.05, 4.69) is 0 Å². The molecule has 0 amide bonds. The summed E-state index contributed by atoms with van der Waals surface area (Å²) in [5.41, 5.74) is 1.46. The average Bonchev–Trinajstić information content (AvgIpc) is 2.53. The summed E-state index contributed by atoms with van der Waals surface area (Å²) in [5.74, 6) is -1.69. The topological polar surface area (TPSA) is 80.4 Å². The molecule has 0 spiro atoms. The van der Waals surface area contributed by atoms with Gasteiger partial charge < -0.3 is 5.11 Å². The molecule has 0 unspecified atom stereocenters. The molecule has 3 aromatic rings. The van der Waals surface area contributed by atoms with E-state index in [0.717, 1.165) is 18.2 Å². The molecule has 7 heteroatoms. The number of hydrogen-bond acceptors (Lipinski definition) is 3. The molecule has 0 aliphatic rings. The molecule has 4 nitrogen and oxygen atoms in total. The summed E-state index contributed by atoms with van der Waals surface area (Å²) in [7, 11) is -3.83. The van der Waals surface area contributed by atoms with E-state index >= 15 is 0 Å². The highest BCUT2D eigenvalue weighted by molar-refractivity contribution is 7.89. The first-order valence-electron chi connectivity index (χ1n) is 7.17. The van der Waals surface area contributed by atoms with Crippen LogP contribution in [0.25, 0.3) is 22.3 Å². The monoisotopic (exact) mass is 361 g/mol. The number of primary sulfonamides is 1. The van der Waals surface area contributed by atoms with Crippen LogP contribution in [0.5, 0.6) is 5.75 Å². The van der Waals surface area contributed by atoms with Crippen LogP contribution in [0.1, 0.15) is 0 Å². The Labute approximate surface area is 143 Å². The Bertz CT molecular complexity index is 1030. The highest BCUT2D eigenvalue weighted by Crippen LogP contribution is 2.39. The number of phenols is 1. The van der Waals surface area contributed by atoms with E-state index in [9.17, 15) is 22.3 Å². The van der Waals surface area contributed by atoms with Crippen molar-refractivity contribution in [2.75, 3.05) is 0 Å². The summed E-state index contributed by atoms with van der Waals surface area (Å²) in [6, 6.07) is 13.3. The molecular formula is C18H13F2NO3S. The summed E-state index contributed by atoms with van der Waals surface area (Å²) >= 11 is 0. The third-order valence-corrected chi connectivity index (χ3v) is 4.62. The smallest absolute Gasteiger partial charge is 0.238 e. The fourth-order valence-corrected chi connectivity index (χ4v) is 3.12. The molecule has 0 aliphatic heterocycles. The van der Waals surface area contributed by atoms with Crippen molar-refractivity contribution >= 4 is 10.0 Å². The minimum Gasteiger partial charge on any atom is -0.507 e.